The van der Waals surface area contributed by atoms with Gasteiger partial charge >= 0.3 is 0 Å². The highest BCUT2D eigenvalue weighted by Crippen LogP contribution is 2.30. The van der Waals surface area contributed by atoms with Crippen LogP contribution in [0.25, 0.3) is 0 Å². The zero-order valence-corrected chi connectivity index (χ0v) is 20.7. The quantitative estimate of drug-likeness (QED) is 0.301. The lowest BCUT2D eigenvalue weighted by molar-refractivity contribution is -0.121. The smallest absolute Gasteiger partial charge is 0.261 e. The zero-order chi connectivity index (χ0) is 24.0. The Balaban J connectivity index is 1.63. The van der Waals surface area contributed by atoms with Gasteiger partial charge in [-0.1, -0.05) is 17.7 Å². The Labute approximate surface area is 204 Å². The highest BCUT2D eigenvalue weighted by molar-refractivity contribution is 9.10. The number of nitrogens with zero attached hydrogens (tertiary/aromatic N) is 3. The van der Waals surface area contributed by atoms with Gasteiger partial charge in [0.05, 0.1) is 33.7 Å². The van der Waals surface area contributed by atoms with Crippen molar-refractivity contribution in [3.8, 4) is 11.5 Å². The predicted molar refractivity (Wildman–Crippen MR) is 128 cm³/mol. The number of rotatable bonds is 9. The molecule has 7 nitrogen and oxygen atoms in total. The molecule has 0 aliphatic carbocycles. The molecule has 0 aliphatic rings. The first-order chi connectivity index (χ1) is 15.8. The Morgan fingerprint density at radius 3 is 2.70 bits per heavy atom. The molecular formula is C23H23BrClFN4O3. The number of aryl methyl sites for hydroxylation is 1. The van der Waals surface area contributed by atoms with Gasteiger partial charge in [-0.2, -0.15) is 10.2 Å². The van der Waals surface area contributed by atoms with Crippen molar-refractivity contribution in [3.63, 3.8) is 0 Å². The molecule has 0 saturated carbocycles. The van der Waals surface area contributed by atoms with Gasteiger partial charge in [-0.3, -0.25) is 9.48 Å². The normalized spacial score (nSPS) is 11.1. The van der Waals surface area contributed by atoms with Gasteiger partial charge in [0.15, 0.2) is 11.5 Å². The number of hydrogen-bond donors (Lipinski definition) is 1. The third-order valence-corrected chi connectivity index (χ3v) is 6.15. The standard InChI is InChI=1S/C23H23BrClFN4O3/c1-4-32-21-9-16(5-8-20(21)33-13-17-6-7-18(26)10-19(17)25)11-27-28-22(31)12-30-15(3)23(24)14(2)29-30/h5-11H,4,12-13H2,1-3H3,(H,28,31)/b27-11+. The Morgan fingerprint density at radius 2 is 2.03 bits per heavy atom. The Bertz CT molecular complexity index is 1180. The highest BCUT2D eigenvalue weighted by Gasteiger charge is 2.12. The van der Waals surface area contributed by atoms with Crippen molar-refractivity contribution in [1.82, 2.24) is 15.2 Å². The fourth-order valence-corrected chi connectivity index (χ4v) is 3.47. The van der Waals surface area contributed by atoms with Gasteiger partial charge in [0.1, 0.15) is 19.0 Å². The molecule has 1 heterocycles. The molecule has 0 fully saturated rings. The lowest BCUT2D eigenvalue weighted by Crippen LogP contribution is -2.24. The van der Waals surface area contributed by atoms with E-state index >= 15 is 0 Å². The van der Waals surface area contributed by atoms with E-state index in [1.54, 1.807) is 28.9 Å². The molecule has 1 amide bonds. The fourth-order valence-electron chi connectivity index (χ4n) is 2.97. The van der Waals surface area contributed by atoms with Crippen LogP contribution in [0.1, 0.15) is 29.4 Å². The summed E-state index contributed by atoms with van der Waals surface area (Å²) in [4.78, 5) is 12.2. The second-order valence-electron chi connectivity index (χ2n) is 7.10. The molecule has 10 heteroatoms. The maximum absolute atomic E-state index is 13.2. The van der Waals surface area contributed by atoms with Gasteiger partial charge in [0, 0.05) is 5.56 Å². The molecule has 1 N–H and O–H groups in total. The van der Waals surface area contributed by atoms with Crippen LogP contribution in [0.2, 0.25) is 5.02 Å². The first-order valence-electron chi connectivity index (χ1n) is 10.1. The topological polar surface area (TPSA) is 77.7 Å². The molecule has 0 spiro atoms. The fraction of sp³-hybridized carbons (Fsp3) is 0.261. The van der Waals surface area contributed by atoms with Gasteiger partial charge in [0.2, 0.25) is 0 Å². The summed E-state index contributed by atoms with van der Waals surface area (Å²) in [7, 11) is 0. The van der Waals surface area contributed by atoms with E-state index in [1.165, 1.54) is 18.3 Å². The largest absolute Gasteiger partial charge is 0.490 e. The van der Waals surface area contributed by atoms with Crippen LogP contribution < -0.4 is 14.9 Å². The van der Waals surface area contributed by atoms with Crippen molar-refractivity contribution in [2.75, 3.05) is 6.61 Å². The van der Waals surface area contributed by atoms with E-state index in [9.17, 15) is 9.18 Å². The van der Waals surface area contributed by atoms with Crippen LogP contribution in [0.3, 0.4) is 0 Å². The number of carbonyl (C=O) groups is 1. The monoisotopic (exact) mass is 536 g/mol. The van der Waals surface area contributed by atoms with Gasteiger partial charge in [-0.05, 0) is 72.6 Å². The second-order valence-corrected chi connectivity index (χ2v) is 8.30. The maximum Gasteiger partial charge on any atom is 0.261 e. The summed E-state index contributed by atoms with van der Waals surface area (Å²) in [5.74, 6) is 0.315. The van der Waals surface area contributed by atoms with Crippen LogP contribution in [0.4, 0.5) is 4.39 Å². The van der Waals surface area contributed by atoms with E-state index in [2.05, 4.69) is 31.6 Å². The molecule has 33 heavy (non-hydrogen) atoms. The summed E-state index contributed by atoms with van der Waals surface area (Å²) < 4.78 is 27.2. The molecule has 3 aromatic rings. The van der Waals surface area contributed by atoms with E-state index in [4.69, 9.17) is 21.1 Å². The third kappa shape index (κ3) is 6.55. The molecule has 2 aromatic carbocycles. The number of hydrogen-bond acceptors (Lipinski definition) is 5. The first kappa shape index (κ1) is 24.7. The van der Waals surface area contributed by atoms with E-state index in [0.29, 0.717) is 34.3 Å². The van der Waals surface area contributed by atoms with Crippen LogP contribution in [-0.2, 0) is 17.9 Å². The van der Waals surface area contributed by atoms with E-state index in [-0.39, 0.29) is 19.1 Å². The molecule has 0 unspecified atom stereocenters. The summed E-state index contributed by atoms with van der Waals surface area (Å²) in [5, 5.41) is 8.61. The summed E-state index contributed by atoms with van der Waals surface area (Å²) in [6, 6.07) is 9.41. The lowest BCUT2D eigenvalue weighted by atomic mass is 10.2. The number of amides is 1. The molecule has 174 valence electrons. The van der Waals surface area contributed by atoms with Crippen molar-refractivity contribution < 1.29 is 18.7 Å². The minimum atomic E-state index is -0.405. The van der Waals surface area contributed by atoms with Crippen LogP contribution in [0.5, 0.6) is 11.5 Å². The predicted octanol–water partition coefficient (Wildman–Crippen LogP) is 5.18. The SMILES string of the molecule is CCOc1cc(/C=N/NC(=O)Cn2nc(C)c(Br)c2C)ccc1OCc1ccc(F)cc1Cl. The highest BCUT2D eigenvalue weighted by atomic mass is 79.9. The van der Waals surface area contributed by atoms with E-state index < -0.39 is 5.82 Å². The van der Waals surface area contributed by atoms with Crippen molar-refractivity contribution in [1.29, 1.82) is 0 Å². The minimum absolute atomic E-state index is 0.0541. The Kier molecular flexibility index (Phi) is 8.46. The molecule has 0 aliphatic heterocycles. The maximum atomic E-state index is 13.2. The van der Waals surface area contributed by atoms with Crippen LogP contribution in [0, 0.1) is 19.7 Å². The second kappa shape index (κ2) is 11.3. The Hall–Kier alpha value is -2.91. The number of carbonyl (C=O) groups excluding carboxylic acids is 1. The molecule has 0 bridgehead atoms. The van der Waals surface area contributed by atoms with Gasteiger partial charge in [0.25, 0.3) is 5.91 Å². The van der Waals surface area contributed by atoms with Crippen LogP contribution in [-0.4, -0.2) is 28.5 Å². The molecule has 1 aromatic heterocycles. The van der Waals surface area contributed by atoms with Gasteiger partial charge in [-0.25, -0.2) is 9.82 Å². The molecule has 0 saturated heterocycles. The minimum Gasteiger partial charge on any atom is -0.490 e. The number of hydrazone groups is 1. The first-order valence-corrected chi connectivity index (χ1v) is 11.3. The number of benzene rings is 2. The molecule has 0 atom stereocenters. The van der Waals surface area contributed by atoms with Gasteiger partial charge in [-0.15, -0.1) is 0 Å². The van der Waals surface area contributed by atoms with Crippen molar-refractivity contribution in [2.24, 2.45) is 5.10 Å². The zero-order valence-electron chi connectivity index (χ0n) is 18.4. The molecular weight excluding hydrogens is 515 g/mol. The number of ether oxygens (including phenoxy) is 2. The van der Waals surface area contributed by atoms with E-state index in [0.717, 1.165) is 15.9 Å². The average molecular weight is 538 g/mol. The number of halogens is 3. The third-order valence-electron chi connectivity index (χ3n) is 4.66. The summed E-state index contributed by atoms with van der Waals surface area (Å²) in [6.07, 6.45) is 1.51. The van der Waals surface area contributed by atoms with Crippen molar-refractivity contribution in [2.45, 2.75) is 33.9 Å². The summed E-state index contributed by atoms with van der Waals surface area (Å²) >= 11 is 9.50. The lowest BCUT2D eigenvalue weighted by Gasteiger charge is -2.13. The van der Waals surface area contributed by atoms with Gasteiger partial charge < -0.3 is 9.47 Å². The number of aromatic nitrogens is 2. The van der Waals surface area contributed by atoms with E-state index in [1.807, 2.05) is 20.8 Å². The molecule has 3 rings (SSSR count). The summed E-state index contributed by atoms with van der Waals surface area (Å²) in [6.45, 7) is 6.25. The van der Waals surface area contributed by atoms with Crippen molar-refractivity contribution in [3.05, 3.63) is 74.2 Å². The van der Waals surface area contributed by atoms with Crippen molar-refractivity contribution >= 4 is 39.7 Å². The van der Waals surface area contributed by atoms with Crippen LogP contribution in [0.15, 0.2) is 46.0 Å². The average Bonchev–Trinajstić information content (AvgIpc) is 3.01. The number of nitrogens with one attached hydrogen (secondary N) is 1. The van der Waals surface area contributed by atoms with Crippen LogP contribution >= 0.6 is 27.5 Å². The summed E-state index contributed by atoms with van der Waals surface area (Å²) in [5.41, 5.74) is 5.54. The Morgan fingerprint density at radius 1 is 1.24 bits per heavy atom. The molecule has 0 radical (unpaired) electrons.